The van der Waals surface area contributed by atoms with E-state index >= 15 is 0 Å². The third-order valence-corrected chi connectivity index (χ3v) is 5.04. The second-order valence-corrected chi connectivity index (χ2v) is 7.20. The number of fused-ring (bicyclic) bond motifs is 1. The monoisotopic (exact) mass is 366 g/mol. The van der Waals surface area contributed by atoms with E-state index in [0.717, 1.165) is 37.2 Å². The minimum atomic E-state index is -0.442. The van der Waals surface area contributed by atoms with Gasteiger partial charge in [0.25, 0.3) is 5.91 Å². The fourth-order valence-corrected chi connectivity index (χ4v) is 3.61. The lowest BCUT2D eigenvalue weighted by Gasteiger charge is -2.31. The van der Waals surface area contributed by atoms with Gasteiger partial charge in [-0.15, -0.1) is 0 Å². The highest BCUT2D eigenvalue weighted by Crippen LogP contribution is 2.26. The topological polar surface area (TPSA) is 41.6 Å². The van der Waals surface area contributed by atoms with Crippen LogP contribution in [0.25, 0.3) is 0 Å². The molecule has 0 radical (unpaired) electrons. The molecule has 1 aliphatic rings. The van der Waals surface area contributed by atoms with Crippen molar-refractivity contribution in [2.75, 3.05) is 24.5 Å². The first-order chi connectivity index (χ1) is 13.2. The Labute approximate surface area is 162 Å². The number of ether oxygens (including phenoxy) is 1. The second-order valence-electron chi connectivity index (χ2n) is 7.20. The SMILES string of the molecule is CC[C@@H](Oc1cccc(C)c1)C(=O)NCCCN1CCCc2ccccc21. The molecule has 0 saturated heterocycles. The van der Waals surface area contributed by atoms with Gasteiger partial charge in [0, 0.05) is 25.3 Å². The van der Waals surface area contributed by atoms with E-state index in [1.54, 1.807) is 0 Å². The standard InChI is InChI=1S/C23H30N2O2/c1-3-22(27-20-12-6-9-18(2)17-20)23(26)24-14-8-16-25-15-7-11-19-10-4-5-13-21(19)25/h4-6,9-10,12-13,17,22H,3,7-8,11,14-16H2,1-2H3,(H,24,26)/t22-/m1/s1. The molecule has 2 aromatic rings. The van der Waals surface area contributed by atoms with Crippen molar-refractivity contribution in [2.24, 2.45) is 0 Å². The molecule has 0 fully saturated rings. The average Bonchev–Trinajstić information content (AvgIpc) is 2.69. The molecule has 1 heterocycles. The van der Waals surface area contributed by atoms with Gasteiger partial charge in [-0.2, -0.15) is 0 Å². The highest BCUT2D eigenvalue weighted by molar-refractivity contribution is 5.81. The summed E-state index contributed by atoms with van der Waals surface area (Å²) in [5, 5.41) is 3.04. The number of benzene rings is 2. The van der Waals surface area contributed by atoms with Crippen molar-refractivity contribution in [1.29, 1.82) is 0 Å². The fourth-order valence-electron chi connectivity index (χ4n) is 3.61. The molecule has 0 spiro atoms. The van der Waals surface area contributed by atoms with Crippen molar-refractivity contribution in [3.05, 3.63) is 59.7 Å². The molecule has 2 aromatic carbocycles. The highest BCUT2D eigenvalue weighted by Gasteiger charge is 2.19. The van der Waals surface area contributed by atoms with Crippen molar-refractivity contribution in [3.63, 3.8) is 0 Å². The molecule has 1 N–H and O–H groups in total. The molecule has 3 rings (SSSR count). The number of carbonyl (C=O) groups excluding carboxylic acids is 1. The average molecular weight is 367 g/mol. The van der Waals surface area contributed by atoms with E-state index in [1.807, 2.05) is 38.1 Å². The Morgan fingerprint density at radius 2 is 2.07 bits per heavy atom. The van der Waals surface area contributed by atoms with E-state index in [4.69, 9.17) is 4.74 Å². The van der Waals surface area contributed by atoms with Crippen molar-refractivity contribution in [1.82, 2.24) is 5.32 Å². The molecular weight excluding hydrogens is 336 g/mol. The molecule has 0 bridgehead atoms. The van der Waals surface area contributed by atoms with Crippen LogP contribution in [-0.2, 0) is 11.2 Å². The van der Waals surface area contributed by atoms with E-state index in [1.165, 1.54) is 17.7 Å². The van der Waals surface area contributed by atoms with Crippen LogP contribution in [0.5, 0.6) is 5.75 Å². The van der Waals surface area contributed by atoms with Crippen molar-refractivity contribution < 1.29 is 9.53 Å². The largest absolute Gasteiger partial charge is 0.481 e. The summed E-state index contributed by atoms with van der Waals surface area (Å²) in [7, 11) is 0. The molecule has 144 valence electrons. The van der Waals surface area contributed by atoms with Crippen LogP contribution in [0.3, 0.4) is 0 Å². The maximum absolute atomic E-state index is 12.5. The van der Waals surface area contributed by atoms with Crippen LogP contribution < -0.4 is 15.0 Å². The Hall–Kier alpha value is -2.49. The Balaban J connectivity index is 1.45. The molecule has 27 heavy (non-hydrogen) atoms. The minimum Gasteiger partial charge on any atom is -0.481 e. The third-order valence-electron chi connectivity index (χ3n) is 5.04. The summed E-state index contributed by atoms with van der Waals surface area (Å²) in [6.07, 6.45) is 3.51. The number of anilines is 1. The number of carbonyl (C=O) groups is 1. The Bertz CT molecular complexity index is 760. The normalized spacial score (nSPS) is 14.4. The first-order valence-corrected chi connectivity index (χ1v) is 10.0. The van der Waals surface area contributed by atoms with Gasteiger partial charge in [-0.1, -0.05) is 37.3 Å². The van der Waals surface area contributed by atoms with E-state index in [0.29, 0.717) is 13.0 Å². The number of hydrogen-bond donors (Lipinski definition) is 1. The van der Waals surface area contributed by atoms with Gasteiger partial charge in [0.2, 0.25) is 0 Å². The van der Waals surface area contributed by atoms with Gasteiger partial charge in [0.15, 0.2) is 6.10 Å². The van der Waals surface area contributed by atoms with Crippen LogP contribution >= 0.6 is 0 Å². The van der Waals surface area contributed by atoms with E-state index in [9.17, 15) is 4.79 Å². The molecule has 0 aromatic heterocycles. The van der Waals surface area contributed by atoms with Gasteiger partial charge in [0.05, 0.1) is 0 Å². The van der Waals surface area contributed by atoms with Gasteiger partial charge in [-0.3, -0.25) is 4.79 Å². The molecule has 4 nitrogen and oxygen atoms in total. The van der Waals surface area contributed by atoms with Crippen LogP contribution in [0.1, 0.15) is 37.3 Å². The van der Waals surface area contributed by atoms with Crippen LogP contribution in [0.2, 0.25) is 0 Å². The molecule has 4 heteroatoms. The van der Waals surface area contributed by atoms with Gasteiger partial charge >= 0.3 is 0 Å². The van der Waals surface area contributed by atoms with Crippen LogP contribution in [0.15, 0.2) is 48.5 Å². The lowest BCUT2D eigenvalue weighted by molar-refractivity contribution is -0.128. The molecule has 0 saturated carbocycles. The predicted molar refractivity (Wildman–Crippen MR) is 110 cm³/mol. The van der Waals surface area contributed by atoms with E-state index < -0.39 is 6.10 Å². The predicted octanol–water partition coefficient (Wildman–Crippen LogP) is 4.11. The summed E-state index contributed by atoms with van der Waals surface area (Å²) in [6.45, 7) is 6.73. The van der Waals surface area contributed by atoms with Gasteiger partial charge in [-0.05, 0) is 61.9 Å². The number of rotatable bonds is 8. The first-order valence-electron chi connectivity index (χ1n) is 10.0. The Morgan fingerprint density at radius 1 is 1.22 bits per heavy atom. The molecule has 1 atom stereocenters. The summed E-state index contributed by atoms with van der Waals surface area (Å²) >= 11 is 0. The summed E-state index contributed by atoms with van der Waals surface area (Å²) in [5.41, 5.74) is 3.92. The summed E-state index contributed by atoms with van der Waals surface area (Å²) in [5.74, 6) is 0.722. The van der Waals surface area contributed by atoms with Crippen LogP contribution in [0.4, 0.5) is 5.69 Å². The summed E-state index contributed by atoms with van der Waals surface area (Å²) in [6, 6.07) is 16.5. The molecule has 0 aliphatic carbocycles. The number of amides is 1. The number of hydrogen-bond acceptors (Lipinski definition) is 3. The number of nitrogens with zero attached hydrogens (tertiary/aromatic N) is 1. The minimum absolute atomic E-state index is 0.0296. The van der Waals surface area contributed by atoms with Crippen molar-refractivity contribution in [3.8, 4) is 5.75 Å². The summed E-state index contributed by atoms with van der Waals surface area (Å²) < 4.78 is 5.88. The molecular formula is C23H30N2O2. The zero-order chi connectivity index (χ0) is 19.1. The number of para-hydroxylation sites is 1. The first kappa shape index (κ1) is 19.3. The molecule has 0 unspecified atom stereocenters. The Kier molecular flexibility index (Phi) is 6.74. The fraction of sp³-hybridized carbons (Fsp3) is 0.435. The Morgan fingerprint density at radius 3 is 2.89 bits per heavy atom. The highest BCUT2D eigenvalue weighted by atomic mass is 16.5. The molecule has 1 amide bonds. The van der Waals surface area contributed by atoms with Gasteiger partial charge < -0.3 is 15.0 Å². The quantitative estimate of drug-likeness (QED) is 0.715. The number of aryl methyl sites for hydroxylation is 2. The van der Waals surface area contributed by atoms with Crippen LogP contribution in [0, 0.1) is 6.92 Å². The van der Waals surface area contributed by atoms with Crippen LogP contribution in [-0.4, -0.2) is 31.6 Å². The summed E-state index contributed by atoms with van der Waals surface area (Å²) in [4.78, 5) is 14.9. The van der Waals surface area contributed by atoms with E-state index in [-0.39, 0.29) is 5.91 Å². The maximum atomic E-state index is 12.5. The smallest absolute Gasteiger partial charge is 0.261 e. The second kappa shape index (κ2) is 9.45. The van der Waals surface area contributed by atoms with Gasteiger partial charge in [0.1, 0.15) is 5.75 Å². The lowest BCUT2D eigenvalue weighted by Crippen LogP contribution is -2.39. The molecule has 1 aliphatic heterocycles. The number of nitrogens with one attached hydrogen (secondary N) is 1. The zero-order valence-electron chi connectivity index (χ0n) is 16.4. The lowest BCUT2D eigenvalue weighted by atomic mass is 10.0. The van der Waals surface area contributed by atoms with Gasteiger partial charge in [-0.25, -0.2) is 0 Å². The van der Waals surface area contributed by atoms with Crippen molar-refractivity contribution >= 4 is 11.6 Å². The maximum Gasteiger partial charge on any atom is 0.261 e. The van der Waals surface area contributed by atoms with Crippen molar-refractivity contribution in [2.45, 2.75) is 45.6 Å². The van der Waals surface area contributed by atoms with E-state index in [2.05, 4.69) is 34.5 Å². The third kappa shape index (κ3) is 5.25. The zero-order valence-corrected chi connectivity index (χ0v) is 16.4.